The van der Waals surface area contributed by atoms with Crippen molar-refractivity contribution in [3.05, 3.63) is 28.5 Å². The van der Waals surface area contributed by atoms with Gasteiger partial charge >= 0.3 is 5.97 Å². The van der Waals surface area contributed by atoms with E-state index in [9.17, 15) is 9.18 Å². The minimum Gasteiger partial charge on any atom is -0.467 e. The van der Waals surface area contributed by atoms with Gasteiger partial charge in [-0.2, -0.15) is 0 Å². The first-order valence-corrected chi connectivity index (χ1v) is 6.20. The molecule has 1 aromatic rings. The lowest BCUT2D eigenvalue weighted by molar-refractivity contribution is -0.142. The zero-order valence-electron chi connectivity index (χ0n) is 9.37. The molecule has 0 spiro atoms. The van der Waals surface area contributed by atoms with Crippen LogP contribution in [0.2, 0.25) is 0 Å². The van der Waals surface area contributed by atoms with Gasteiger partial charge in [-0.3, -0.25) is 0 Å². The fourth-order valence-corrected chi connectivity index (χ4v) is 2.06. The summed E-state index contributed by atoms with van der Waals surface area (Å²) in [6.07, 6.45) is 2.00. The van der Waals surface area contributed by atoms with Crippen molar-refractivity contribution in [3.63, 3.8) is 0 Å². The molecule has 0 saturated heterocycles. The smallest absolute Gasteiger partial charge is 0.328 e. The standard InChI is InChI=1S/C12H13BrFNO2/c1-17-12(16)11(7-2-3-7)15-10-6-8(14)4-5-9(10)13/h4-7,11,15H,2-3H2,1H3. The van der Waals surface area contributed by atoms with E-state index < -0.39 is 6.04 Å². The molecule has 0 amide bonds. The van der Waals surface area contributed by atoms with Crippen molar-refractivity contribution in [3.8, 4) is 0 Å². The van der Waals surface area contributed by atoms with Crippen molar-refractivity contribution < 1.29 is 13.9 Å². The van der Waals surface area contributed by atoms with Crippen molar-refractivity contribution in [2.75, 3.05) is 12.4 Å². The number of ether oxygens (including phenoxy) is 1. The van der Waals surface area contributed by atoms with E-state index in [0.717, 1.165) is 17.3 Å². The molecule has 1 atom stereocenters. The summed E-state index contributed by atoms with van der Waals surface area (Å²) < 4.78 is 18.6. The molecule has 1 aromatic carbocycles. The minimum absolute atomic E-state index is 0.289. The summed E-state index contributed by atoms with van der Waals surface area (Å²) in [6, 6.07) is 3.94. The second-order valence-corrected chi connectivity index (χ2v) is 4.96. The highest BCUT2D eigenvalue weighted by Gasteiger charge is 2.37. The summed E-state index contributed by atoms with van der Waals surface area (Å²) in [4.78, 5) is 11.6. The van der Waals surface area contributed by atoms with Crippen LogP contribution in [0.25, 0.3) is 0 Å². The Kier molecular flexibility index (Phi) is 3.66. The molecule has 0 aromatic heterocycles. The number of methoxy groups -OCH3 is 1. The third-order valence-electron chi connectivity index (χ3n) is 2.79. The van der Waals surface area contributed by atoms with Gasteiger partial charge in [0.25, 0.3) is 0 Å². The number of carbonyl (C=O) groups excluding carboxylic acids is 1. The first-order valence-electron chi connectivity index (χ1n) is 5.41. The number of hydrogen-bond donors (Lipinski definition) is 1. The topological polar surface area (TPSA) is 38.3 Å². The molecule has 17 heavy (non-hydrogen) atoms. The highest BCUT2D eigenvalue weighted by atomic mass is 79.9. The fourth-order valence-electron chi connectivity index (χ4n) is 1.70. The molecule has 2 rings (SSSR count). The third-order valence-corrected chi connectivity index (χ3v) is 3.48. The summed E-state index contributed by atoms with van der Waals surface area (Å²) in [5.74, 6) is -0.351. The molecule has 5 heteroatoms. The van der Waals surface area contributed by atoms with Crippen molar-refractivity contribution in [1.82, 2.24) is 0 Å². The lowest BCUT2D eigenvalue weighted by atomic mass is 10.1. The van der Waals surface area contributed by atoms with Crippen LogP contribution < -0.4 is 5.32 Å². The lowest BCUT2D eigenvalue weighted by Gasteiger charge is -2.18. The Labute approximate surface area is 107 Å². The number of esters is 1. The summed E-state index contributed by atoms with van der Waals surface area (Å²) in [6.45, 7) is 0. The van der Waals surface area contributed by atoms with Gasteiger partial charge in [0.15, 0.2) is 0 Å². The second kappa shape index (κ2) is 5.04. The summed E-state index contributed by atoms with van der Waals surface area (Å²) >= 11 is 3.32. The average Bonchev–Trinajstić information content (AvgIpc) is 3.13. The summed E-state index contributed by atoms with van der Waals surface area (Å²) in [7, 11) is 1.36. The molecule has 1 aliphatic carbocycles. The molecule has 1 fully saturated rings. The van der Waals surface area contributed by atoms with Gasteiger partial charge in [0.1, 0.15) is 11.9 Å². The zero-order chi connectivity index (χ0) is 12.4. The van der Waals surface area contributed by atoms with Gasteiger partial charge in [0.05, 0.1) is 12.8 Å². The minimum atomic E-state index is -0.391. The van der Waals surface area contributed by atoms with Gasteiger partial charge in [-0.05, 0) is 52.9 Å². The third kappa shape index (κ3) is 2.97. The van der Waals surface area contributed by atoms with Gasteiger partial charge in [-0.25, -0.2) is 9.18 Å². The molecule has 1 aliphatic rings. The number of benzene rings is 1. The van der Waals surface area contributed by atoms with Crippen LogP contribution in [0, 0.1) is 11.7 Å². The van der Waals surface area contributed by atoms with E-state index in [1.165, 1.54) is 19.2 Å². The van der Waals surface area contributed by atoms with E-state index in [-0.39, 0.29) is 17.7 Å². The number of nitrogens with one attached hydrogen (secondary N) is 1. The predicted molar refractivity (Wildman–Crippen MR) is 66.3 cm³/mol. The molecule has 3 nitrogen and oxygen atoms in total. The van der Waals surface area contributed by atoms with Crippen molar-refractivity contribution in [2.45, 2.75) is 18.9 Å². The molecule has 1 N–H and O–H groups in total. The van der Waals surface area contributed by atoms with Crippen LogP contribution in [0.15, 0.2) is 22.7 Å². The van der Waals surface area contributed by atoms with E-state index in [4.69, 9.17) is 4.74 Å². The zero-order valence-corrected chi connectivity index (χ0v) is 11.0. The van der Waals surface area contributed by atoms with E-state index in [2.05, 4.69) is 21.2 Å². The van der Waals surface area contributed by atoms with Gasteiger partial charge < -0.3 is 10.1 Å². The van der Waals surface area contributed by atoms with Crippen LogP contribution in [0.3, 0.4) is 0 Å². The van der Waals surface area contributed by atoms with E-state index in [1.807, 2.05) is 0 Å². The van der Waals surface area contributed by atoms with Crippen LogP contribution in [-0.2, 0) is 9.53 Å². The maximum atomic E-state index is 13.1. The van der Waals surface area contributed by atoms with Crippen molar-refractivity contribution in [1.29, 1.82) is 0 Å². The molecule has 1 saturated carbocycles. The molecule has 0 bridgehead atoms. The van der Waals surface area contributed by atoms with E-state index >= 15 is 0 Å². The Bertz CT molecular complexity index is 435. The van der Waals surface area contributed by atoms with Crippen molar-refractivity contribution >= 4 is 27.6 Å². The maximum absolute atomic E-state index is 13.1. The number of hydrogen-bond acceptors (Lipinski definition) is 3. The Balaban J connectivity index is 2.16. The largest absolute Gasteiger partial charge is 0.467 e. The molecule has 0 radical (unpaired) electrons. The maximum Gasteiger partial charge on any atom is 0.328 e. The average molecular weight is 302 g/mol. The summed E-state index contributed by atoms with van der Waals surface area (Å²) in [5, 5.41) is 3.04. The molecule has 0 aliphatic heterocycles. The Morgan fingerprint density at radius 3 is 2.88 bits per heavy atom. The highest BCUT2D eigenvalue weighted by Crippen LogP contribution is 2.36. The monoisotopic (exact) mass is 301 g/mol. The van der Waals surface area contributed by atoms with Gasteiger partial charge in [0.2, 0.25) is 0 Å². The van der Waals surface area contributed by atoms with E-state index in [0.29, 0.717) is 5.69 Å². The number of carbonyl (C=O) groups is 1. The second-order valence-electron chi connectivity index (χ2n) is 4.11. The molecular weight excluding hydrogens is 289 g/mol. The van der Waals surface area contributed by atoms with Crippen LogP contribution in [0.4, 0.5) is 10.1 Å². The Hall–Kier alpha value is -1.10. The number of halogens is 2. The normalized spacial score (nSPS) is 16.4. The van der Waals surface area contributed by atoms with Gasteiger partial charge in [-0.15, -0.1) is 0 Å². The quantitative estimate of drug-likeness (QED) is 0.869. The molecule has 0 heterocycles. The van der Waals surface area contributed by atoms with Gasteiger partial charge in [-0.1, -0.05) is 0 Å². The van der Waals surface area contributed by atoms with Crippen LogP contribution in [-0.4, -0.2) is 19.1 Å². The number of rotatable bonds is 4. The predicted octanol–water partition coefficient (Wildman–Crippen LogP) is 2.95. The molecule has 1 unspecified atom stereocenters. The first-order chi connectivity index (χ1) is 8.11. The van der Waals surface area contributed by atoms with Crippen LogP contribution in [0.1, 0.15) is 12.8 Å². The summed E-state index contributed by atoms with van der Waals surface area (Å²) in [5.41, 5.74) is 0.576. The SMILES string of the molecule is COC(=O)C(Nc1cc(F)ccc1Br)C1CC1. The van der Waals surface area contributed by atoms with E-state index in [1.54, 1.807) is 6.07 Å². The molecular formula is C12H13BrFNO2. The van der Waals surface area contributed by atoms with Crippen LogP contribution >= 0.6 is 15.9 Å². The first kappa shape index (κ1) is 12.4. The van der Waals surface area contributed by atoms with Crippen LogP contribution in [0.5, 0.6) is 0 Å². The fraction of sp³-hybridized carbons (Fsp3) is 0.417. The number of anilines is 1. The van der Waals surface area contributed by atoms with Crippen molar-refractivity contribution in [2.24, 2.45) is 5.92 Å². The highest BCUT2D eigenvalue weighted by molar-refractivity contribution is 9.10. The lowest BCUT2D eigenvalue weighted by Crippen LogP contribution is -2.32. The Morgan fingerprint density at radius 1 is 1.59 bits per heavy atom. The van der Waals surface area contributed by atoms with Gasteiger partial charge in [0, 0.05) is 4.47 Å². The molecule has 92 valence electrons. The Morgan fingerprint density at radius 2 is 2.29 bits per heavy atom.